The molecule has 1 aliphatic heterocycles. The number of aliphatic imine (C=N–C) groups is 1. The predicted octanol–water partition coefficient (Wildman–Crippen LogP) is 10.3. The van der Waals surface area contributed by atoms with Crippen molar-refractivity contribution in [1.29, 1.82) is 0 Å². The number of hydrogen-bond acceptors (Lipinski definition) is 14. The number of aromatic nitrogens is 7. The van der Waals surface area contributed by atoms with Gasteiger partial charge in [0, 0.05) is 57.5 Å². The van der Waals surface area contributed by atoms with Gasteiger partial charge in [0.1, 0.15) is 29.4 Å². The lowest BCUT2D eigenvalue weighted by atomic mass is 10.0. The topological polar surface area (TPSA) is 190 Å². The van der Waals surface area contributed by atoms with Crippen molar-refractivity contribution in [2.75, 3.05) is 0 Å². The maximum absolute atomic E-state index is 11.4. The highest BCUT2D eigenvalue weighted by Crippen LogP contribution is 2.19. The molecule has 1 aliphatic rings. The van der Waals surface area contributed by atoms with Crippen LogP contribution in [0, 0.1) is 26.7 Å². The third kappa shape index (κ3) is 19.2. The van der Waals surface area contributed by atoms with Crippen molar-refractivity contribution in [3.8, 4) is 0 Å². The second kappa shape index (κ2) is 26.2. The highest BCUT2D eigenvalue weighted by Gasteiger charge is 2.12. The van der Waals surface area contributed by atoms with Gasteiger partial charge in [-0.2, -0.15) is 18.8 Å². The smallest absolute Gasteiger partial charge is 0.281 e. The van der Waals surface area contributed by atoms with E-state index in [0.29, 0.717) is 40.8 Å². The van der Waals surface area contributed by atoms with Gasteiger partial charge < -0.3 is 13.8 Å². The Balaban J connectivity index is 0.000000647. The molecule has 0 saturated carbocycles. The van der Waals surface area contributed by atoms with E-state index in [1.807, 2.05) is 61.5 Å². The molecule has 0 aromatic carbocycles. The van der Waals surface area contributed by atoms with Crippen LogP contribution in [-0.2, 0) is 4.84 Å². The molecule has 0 spiro atoms. The molecule has 0 saturated heterocycles. The molecule has 312 valence electrons. The number of aromatic amines is 2. The van der Waals surface area contributed by atoms with Gasteiger partial charge in [-0.05, 0) is 56.8 Å². The summed E-state index contributed by atoms with van der Waals surface area (Å²) in [6.45, 7) is 33.8. The zero-order valence-corrected chi connectivity index (χ0v) is 36.7. The van der Waals surface area contributed by atoms with Crippen LogP contribution in [0.4, 0.5) is 0 Å². The Morgan fingerprint density at radius 3 is 1.70 bits per heavy atom. The Kier molecular flexibility index (Phi) is 24.0. The summed E-state index contributed by atoms with van der Waals surface area (Å²) in [6, 6.07) is 4.11. The van der Waals surface area contributed by atoms with Crippen LogP contribution < -0.4 is 16.5 Å². The first kappa shape index (κ1) is 51.3. The molecule has 6 heterocycles. The third-order valence-electron chi connectivity index (χ3n) is 7.22. The van der Waals surface area contributed by atoms with Gasteiger partial charge in [-0.25, -0.2) is 10.5 Å². The lowest BCUT2D eigenvalue weighted by Gasteiger charge is -2.02. The Hall–Kier alpha value is -4.70. The van der Waals surface area contributed by atoms with Crippen LogP contribution in [0.3, 0.4) is 0 Å². The van der Waals surface area contributed by atoms with Crippen molar-refractivity contribution >= 4 is 29.1 Å². The average Bonchev–Trinajstić information content (AvgIpc) is 3.95. The van der Waals surface area contributed by atoms with Gasteiger partial charge in [-0.15, -0.1) is 0 Å². The number of aryl methyl sites for hydroxylation is 3. The Morgan fingerprint density at radius 2 is 1.43 bits per heavy atom. The van der Waals surface area contributed by atoms with Gasteiger partial charge in [0.2, 0.25) is 5.88 Å². The zero-order chi connectivity index (χ0) is 41.8. The highest BCUT2D eigenvalue weighted by molar-refractivity contribution is 7.05. The van der Waals surface area contributed by atoms with E-state index in [1.165, 1.54) is 23.7 Å². The average molecular weight is 816 g/mol. The predicted molar refractivity (Wildman–Crippen MR) is 230 cm³/mol. The number of nitrogens with zero attached hydrogens (tertiary/aromatic N) is 6. The summed E-state index contributed by atoms with van der Waals surface area (Å²) < 4.78 is 20.6. The minimum Gasteiger partial charge on any atom is -0.472 e. The molecule has 5 aromatic heterocycles. The molecule has 0 unspecified atom stereocenters. The van der Waals surface area contributed by atoms with Crippen LogP contribution in [0.1, 0.15) is 165 Å². The van der Waals surface area contributed by atoms with Crippen LogP contribution in [0.5, 0.6) is 0 Å². The lowest BCUT2D eigenvalue weighted by Crippen LogP contribution is -2.21. The van der Waals surface area contributed by atoms with E-state index >= 15 is 0 Å². The summed E-state index contributed by atoms with van der Waals surface area (Å²) >= 11 is 2.71. The van der Waals surface area contributed by atoms with Crippen molar-refractivity contribution in [1.82, 2.24) is 38.9 Å². The van der Waals surface area contributed by atoms with Crippen LogP contribution in [0.15, 0.2) is 67.0 Å². The number of nitrogens with one attached hydrogen (secondary N) is 3. The Morgan fingerprint density at radius 1 is 0.768 bits per heavy atom. The molecule has 0 aliphatic carbocycles. The van der Waals surface area contributed by atoms with Crippen LogP contribution in [-0.4, -0.2) is 39.3 Å². The van der Waals surface area contributed by atoms with E-state index in [9.17, 15) is 9.59 Å². The first-order valence-electron chi connectivity index (χ1n) is 18.3. The van der Waals surface area contributed by atoms with E-state index in [-0.39, 0.29) is 30.3 Å². The van der Waals surface area contributed by atoms with Crippen LogP contribution in [0.25, 0.3) is 0 Å². The molecule has 3 N–H and O–H groups in total. The van der Waals surface area contributed by atoms with E-state index in [1.54, 1.807) is 18.5 Å². The summed E-state index contributed by atoms with van der Waals surface area (Å²) in [5, 5.41) is 10.2. The number of rotatable bonds is 6. The van der Waals surface area contributed by atoms with Crippen LogP contribution in [0.2, 0.25) is 0 Å². The molecule has 14 nitrogen and oxygen atoms in total. The Labute approximate surface area is 341 Å². The number of hydroxylamine groups is 1. The maximum atomic E-state index is 11.4. The zero-order valence-electron chi connectivity index (χ0n) is 35.1. The maximum Gasteiger partial charge on any atom is 0.281 e. The standard InChI is InChI=1S/C9H12O2.C7H11NO.C7H11NS.C6H10N2O.C5H9N3.C5H8N2OS.CH4/c1-6(2)8-5-11-4-7(3)9(8)10;2*1-5(2)7-4-6(3)8-9-7;1-4(2)6-7-5(3)9-8-6;1-4(2)5-6-3-7-8-5;1-3(2)4-5(8)7-9-6-4;/h4-6H,1-3H3;2*4-5H,1-3H3;4H,3H2,1-2H3,(H,7,8);3-4H,1-2H3,(H,6,7,8);3H,1-2H3,(H,7,8);1H4. The van der Waals surface area contributed by atoms with Crippen molar-refractivity contribution in [3.05, 3.63) is 109 Å². The molecule has 56 heavy (non-hydrogen) atoms. The molecular formula is C40H65N9O5S2. The minimum absolute atomic E-state index is 0. The monoisotopic (exact) mass is 815 g/mol. The van der Waals surface area contributed by atoms with Gasteiger partial charge in [0.15, 0.2) is 5.43 Å². The van der Waals surface area contributed by atoms with Crippen molar-refractivity contribution in [2.24, 2.45) is 10.9 Å². The molecule has 0 amide bonds. The summed E-state index contributed by atoms with van der Waals surface area (Å²) in [5.74, 6) is 5.60. The number of hydrogen-bond donors (Lipinski definition) is 3. The van der Waals surface area contributed by atoms with Gasteiger partial charge >= 0.3 is 0 Å². The van der Waals surface area contributed by atoms with Crippen LogP contribution >= 0.6 is 23.3 Å². The quantitative estimate of drug-likeness (QED) is 0.148. The van der Waals surface area contributed by atoms with Crippen molar-refractivity contribution in [3.63, 3.8) is 0 Å². The van der Waals surface area contributed by atoms with E-state index in [2.05, 4.69) is 98.1 Å². The van der Waals surface area contributed by atoms with Gasteiger partial charge in [-0.3, -0.25) is 19.1 Å². The van der Waals surface area contributed by atoms with Gasteiger partial charge in [0.05, 0.1) is 23.9 Å². The van der Waals surface area contributed by atoms with Gasteiger partial charge in [-0.1, -0.05) is 95.7 Å². The van der Waals surface area contributed by atoms with Crippen molar-refractivity contribution < 1.29 is 13.8 Å². The fourth-order valence-electron chi connectivity index (χ4n) is 3.86. The normalized spacial score (nSPS) is 11.4. The van der Waals surface area contributed by atoms with E-state index in [0.717, 1.165) is 46.1 Å². The number of H-pyrrole nitrogens is 2. The SMILES string of the molecule is C.C=C1N=C(C(C)C)NO1.CC(C)c1ncn[nH]1.CC(C)c1ns[nH]c1=O.Cc1cc(C(C)C)on1.Cc1cc(C(C)C)sn1.Cc1cocc(C(C)C)c1=O. The summed E-state index contributed by atoms with van der Waals surface area (Å²) in [5.41, 5.74) is 6.88. The number of amidine groups is 1. The lowest BCUT2D eigenvalue weighted by molar-refractivity contribution is 0.176. The Bertz CT molecular complexity index is 1900. The molecule has 6 rings (SSSR count). The second-order valence-corrected chi connectivity index (χ2v) is 15.9. The molecular weight excluding hydrogens is 751 g/mol. The van der Waals surface area contributed by atoms with Crippen molar-refractivity contribution in [2.45, 2.75) is 141 Å². The minimum atomic E-state index is -0.0463. The third-order valence-corrected chi connectivity index (χ3v) is 8.96. The first-order chi connectivity index (χ1) is 25.7. The largest absolute Gasteiger partial charge is 0.472 e. The van der Waals surface area contributed by atoms with E-state index < -0.39 is 0 Å². The highest BCUT2D eigenvalue weighted by atomic mass is 32.1. The molecule has 0 atom stereocenters. The molecule has 0 bridgehead atoms. The molecule has 16 heteroatoms. The molecule has 0 fully saturated rings. The summed E-state index contributed by atoms with van der Waals surface area (Å²) in [4.78, 5) is 36.2. The van der Waals surface area contributed by atoms with E-state index in [4.69, 9.17) is 13.8 Å². The second-order valence-electron chi connectivity index (χ2n) is 14.5. The molecule has 0 radical (unpaired) electrons. The first-order valence-corrected chi connectivity index (χ1v) is 19.8. The summed E-state index contributed by atoms with van der Waals surface area (Å²) in [7, 11) is 0. The molecule has 5 aromatic rings. The summed E-state index contributed by atoms with van der Waals surface area (Å²) in [6.07, 6.45) is 4.53. The fraction of sp³-hybridized carbons (Fsp3) is 0.550. The fourth-order valence-corrected chi connectivity index (χ4v) is 5.22. The van der Waals surface area contributed by atoms with Gasteiger partial charge in [0.25, 0.3) is 5.56 Å².